The summed E-state index contributed by atoms with van der Waals surface area (Å²) >= 11 is 6.07. The molecule has 3 aromatic rings. The summed E-state index contributed by atoms with van der Waals surface area (Å²) in [6.45, 7) is 0. The van der Waals surface area contributed by atoms with Crippen molar-refractivity contribution in [2.75, 3.05) is 5.32 Å². The van der Waals surface area contributed by atoms with Crippen molar-refractivity contribution in [1.29, 1.82) is 0 Å². The molecule has 0 aliphatic carbocycles. The topological polar surface area (TPSA) is 55.4 Å². The number of carbonyl (C=O) groups is 2. The zero-order valence-corrected chi connectivity index (χ0v) is 15.0. The Morgan fingerprint density at radius 1 is 0.778 bits per heavy atom. The molecule has 0 unspecified atom stereocenters. The van der Waals surface area contributed by atoms with Crippen LogP contribution in [-0.2, 0) is 9.53 Å². The second-order valence-electron chi connectivity index (χ2n) is 5.60. The minimum absolute atomic E-state index is 0.147. The van der Waals surface area contributed by atoms with Gasteiger partial charge in [0.2, 0.25) is 0 Å². The van der Waals surface area contributed by atoms with E-state index in [1.54, 1.807) is 72.8 Å². The zero-order valence-electron chi connectivity index (χ0n) is 14.3. The highest BCUT2D eigenvalue weighted by molar-refractivity contribution is 6.33. The Labute approximate surface area is 162 Å². The molecule has 0 radical (unpaired) electrons. The van der Waals surface area contributed by atoms with Crippen molar-refractivity contribution >= 4 is 34.9 Å². The average molecular weight is 378 g/mol. The van der Waals surface area contributed by atoms with Crippen molar-refractivity contribution in [1.82, 2.24) is 0 Å². The van der Waals surface area contributed by atoms with Gasteiger partial charge >= 0.3 is 5.97 Å². The minimum Gasteiger partial charge on any atom is -0.422 e. The van der Waals surface area contributed by atoms with E-state index in [4.69, 9.17) is 16.3 Å². The van der Waals surface area contributed by atoms with Crippen LogP contribution in [0.3, 0.4) is 0 Å². The van der Waals surface area contributed by atoms with Gasteiger partial charge in [-0.2, -0.15) is 0 Å². The SMILES string of the molecule is O=C(/C=C(\OC(=O)c1ccccc1)c1ccccc1)Nc1ccccc1Cl. The molecule has 0 heterocycles. The van der Waals surface area contributed by atoms with Gasteiger partial charge in [-0.3, -0.25) is 4.79 Å². The van der Waals surface area contributed by atoms with Crippen LogP contribution in [0.5, 0.6) is 0 Å². The maximum absolute atomic E-state index is 12.4. The van der Waals surface area contributed by atoms with E-state index in [2.05, 4.69) is 5.32 Å². The van der Waals surface area contributed by atoms with Crippen LogP contribution in [0, 0.1) is 0 Å². The normalized spacial score (nSPS) is 10.9. The number of rotatable bonds is 5. The summed E-state index contributed by atoms with van der Waals surface area (Å²) in [7, 11) is 0. The van der Waals surface area contributed by atoms with Gasteiger partial charge in [-0.1, -0.05) is 72.3 Å². The van der Waals surface area contributed by atoms with E-state index in [9.17, 15) is 9.59 Å². The number of para-hydroxylation sites is 1. The third-order valence-corrected chi connectivity index (χ3v) is 3.99. The van der Waals surface area contributed by atoms with Crippen LogP contribution in [0.15, 0.2) is 91.0 Å². The Hall–Kier alpha value is -3.37. The van der Waals surface area contributed by atoms with Crippen LogP contribution in [0.2, 0.25) is 5.02 Å². The molecular weight excluding hydrogens is 362 g/mol. The largest absolute Gasteiger partial charge is 0.422 e. The van der Waals surface area contributed by atoms with Crippen molar-refractivity contribution in [2.45, 2.75) is 0 Å². The Morgan fingerprint density at radius 3 is 1.96 bits per heavy atom. The predicted molar refractivity (Wildman–Crippen MR) is 106 cm³/mol. The third-order valence-electron chi connectivity index (χ3n) is 3.66. The van der Waals surface area contributed by atoms with E-state index in [-0.39, 0.29) is 5.76 Å². The van der Waals surface area contributed by atoms with Crippen molar-refractivity contribution in [3.05, 3.63) is 107 Å². The average Bonchev–Trinajstić information content (AvgIpc) is 2.70. The molecule has 0 spiro atoms. The van der Waals surface area contributed by atoms with Crippen LogP contribution in [0.1, 0.15) is 15.9 Å². The zero-order chi connectivity index (χ0) is 19.1. The highest BCUT2D eigenvalue weighted by Gasteiger charge is 2.14. The van der Waals surface area contributed by atoms with Crippen LogP contribution in [0.4, 0.5) is 5.69 Å². The number of amides is 1. The maximum Gasteiger partial charge on any atom is 0.343 e. The first-order valence-corrected chi connectivity index (χ1v) is 8.61. The number of hydrogen-bond donors (Lipinski definition) is 1. The summed E-state index contributed by atoms with van der Waals surface area (Å²) in [5.74, 6) is -0.854. The molecule has 3 aromatic carbocycles. The lowest BCUT2D eigenvalue weighted by atomic mass is 10.1. The molecule has 4 nitrogen and oxygen atoms in total. The summed E-state index contributed by atoms with van der Waals surface area (Å²) in [4.78, 5) is 24.8. The second-order valence-corrected chi connectivity index (χ2v) is 6.01. The van der Waals surface area contributed by atoms with E-state index in [0.717, 1.165) is 0 Å². The van der Waals surface area contributed by atoms with E-state index in [0.29, 0.717) is 21.8 Å². The molecule has 1 amide bonds. The van der Waals surface area contributed by atoms with Crippen LogP contribution in [0.25, 0.3) is 5.76 Å². The molecule has 0 atom stereocenters. The first-order chi connectivity index (χ1) is 13.1. The summed E-state index contributed by atoms with van der Waals surface area (Å²) in [5, 5.41) is 3.10. The number of hydrogen-bond acceptors (Lipinski definition) is 3. The molecule has 3 rings (SSSR count). The van der Waals surface area contributed by atoms with Gasteiger partial charge < -0.3 is 10.1 Å². The number of anilines is 1. The smallest absolute Gasteiger partial charge is 0.343 e. The maximum atomic E-state index is 12.4. The fourth-order valence-electron chi connectivity index (χ4n) is 2.36. The van der Waals surface area contributed by atoms with Gasteiger partial charge in [-0.15, -0.1) is 0 Å². The molecule has 0 aromatic heterocycles. The number of esters is 1. The van der Waals surface area contributed by atoms with Crippen LogP contribution in [-0.4, -0.2) is 11.9 Å². The lowest BCUT2D eigenvalue weighted by molar-refractivity contribution is -0.111. The molecule has 0 fully saturated rings. The first-order valence-electron chi connectivity index (χ1n) is 8.23. The molecule has 0 saturated heterocycles. The third kappa shape index (κ3) is 5.06. The van der Waals surface area contributed by atoms with Gasteiger partial charge in [0.15, 0.2) is 0 Å². The summed E-state index contributed by atoms with van der Waals surface area (Å²) in [6.07, 6.45) is 1.24. The molecule has 1 N–H and O–H groups in total. The van der Waals surface area contributed by atoms with Gasteiger partial charge in [0.05, 0.1) is 16.3 Å². The Kier molecular flexibility index (Phi) is 6.02. The van der Waals surface area contributed by atoms with E-state index in [1.807, 2.05) is 12.1 Å². The van der Waals surface area contributed by atoms with Crippen molar-refractivity contribution in [2.24, 2.45) is 0 Å². The fraction of sp³-hybridized carbons (Fsp3) is 0. The molecule has 0 aliphatic rings. The summed E-state index contributed by atoms with van der Waals surface area (Å²) in [5.41, 5.74) is 1.48. The highest BCUT2D eigenvalue weighted by atomic mass is 35.5. The number of nitrogens with one attached hydrogen (secondary N) is 1. The molecule has 134 valence electrons. The first kappa shape index (κ1) is 18.4. The molecule has 0 saturated carbocycles. The number of ether oxygens (including phenoxy) is 1. The van der Waals surface area contributed by atoms with Gasteiger partial charge in [-0.25, -0.2) is 4.79 Å². The summed E-state index contributed by atoms with van der Waals surface area (Å²) in [6, 6.07) is 24.4. The monoisotopic (exact) mass is 377 g/mol. The predicted octanol–water partition coefficient (Wildman–Crippen LogP) is 5.18. The Morgan fingerprint density at radius 2 is 1.33 bits per heavy atom. The molecular formula is C22H16ClNO3. The highest BCUT2D eigenvalue weighted by Crippen LogP contribution is 2.22. The lowest BCUT2D eigenvalue weighted by Gasteiger charge is -2.10. The minimum atomic E-state index is -0.545. The van der Waals surface area contributed by atoms with Crippen LogP contribution >= 0.6 is 11.6 Å². The Balaban J connectivity index is 1.86. The number of halogens is 1. The number of carbonyl (C=O) groups excluding carboxylic acids is 2. The molecule has 0 bridgehead atoms. The number of benzene rings is 3. The fourth-order valence-corrected chi connectivity index (χ4v) is 2.54. The van der Waals surface area contributed by atoms with Crippen molar-refractivity contribution in [3.8, 4) is 0 Å². The Bertz CT molecular complexity index is 969. The lowest BCUT2D eigenvalue weighted by Crippen LogP contribution is -2.11. The van der Waals surface area contributed by atoms with Crippen molar-refractivity contribution in [3.63, 3.8) is 0 Å². The second kappa shape index (κ2) is 8.83. The quantitative estimate of drug-likeness (QED) is 0.379. The van der Waals surface area contributed by atoms with E-state index >= 15 is 0 Å². The van der Waals surface area contributed by atoms with E-state index in [1.165, 1.54) is 6.08 Å². The molecule has 5 heteroatoms. The van der Waals surface area contributed by atoms with E-state index < -0.39 is 11.9 Å². The van der Waals surface area contributed by atoms with Gasteiger partial charge in [0.25, 0.3) is 5.91 Å². The molecule has 0 aliphatic heterocycles. The van der Waals surface area contributed by atoms with Gasteiger partial charge in [-0.05, 0) is 24.3 Å². The van der Waals surface area contributed by atoms with Gasteiger partial charge in [0.1, 0.15) is 5.76 Å². The van der Waals surface area contributed by atoms with Gasteiger partial charge in [0, 0.05) is 11.6 Å². The standard InChI is InChI=1S/C22H16ClNO3/c23-18-13-7-8-14-19(18)24-21(25)15-20(16-9-3-1-4-10-16)27-22(26)17-11-5-2-6-12-17/h1-15H,(H,24,25)/b20-15-. The van der Waals surface area contributed by atoms with Crippen molar-refractivity contribution < 1.29 is 14.3 Å². The van der Waals surface area contributed by atoms with Crippen LogP contribution < -0.4 is 5.32 Å². The molecule has 27 heavy (non-hydrogen) atoms. The summed E-state index contributed by atoms with van der Waals surface area (Å²) < 4.78 is 5.49.